The number of likely N-dealkylation sites (tertiary alicyclic amines) is 1. The maximum Gasteiger partial charge on any atom is 0.262 e. The second-order valence-electron chi connectivity index (χ2n) is 18.0. The minimum atomic E-state index is -1.02. The van der Waals surface area contributed by atoms with Crippen LogP contribution in [0.2, 0.25) is 0 Å². The average molecular weight is 807 g/mol. The van der Waals surface area contributed by atoms with Crippen molar-refractivity contribution in [3.05, 3.63) is 135 Å². The topological polar surface area (TPSA) is 127 Å². The van der Waals surface area contributed by atoms with E-state index in [-0.39, 0.29) is 30.1 Å². The number of rotatable bonds is 10. The Morgan fingerprint density at radius 2 is 1.48 bits per heavy atom. The van der Waals surface area contributed by atoms with Gasteiger partial charge < -0.3 is 10.0 Å². The number of nitrogens with one attached hydrogen (secondary N) is 1. The van der Waals surface area contributed by atoms with E-state index in [1.165, 1.54) is 35.1 Å². The number of aryl methyl sites for hydroxylation is 1. The quantitative estimate of drug-likeness (QED) is 0.124. The zero-order valence-corrected chi connectivity index (χ0v) is 34.4. The third-order valence-electron chi connectivity index (χ3n) is 14.5. The molecule has 0 bridgehead atoms. The van der Waals surface area contributed by atoms with Crippen LogP contribution in [0.3, 0.4) is 0 Å². The predicted molar refractivity (Wildman–Crippen MR) is 227 cm³/mol. The number of benzene rings is 4. The van der Waals surface area contributed by atoms with Gasteiger partial charge in [0.2, 0.25) is 12.3 Å². The Hall–Kier alpha value is -5.61. The average Bonchev–Trinajstić information content (AvgIpc) is 3.78. The Kier molecular flexibility index (Phi) is 10.9. The van der Waals surface area contributed by atoms with E-state index in [1.54, 1.807) is 6.07 Å². The van der Waals surface area contributed by atoms with Crippen molar-refractivity contribution in [3.63, 3.8) is 0 Å². The van der Waals surface area contributed by atoms with Gasteiger partial charge in [-0.25, -0.2) is 0 Å². The van der Waals surface area contributed by atoms with Gasteiger partial charge in [-0.2, -0.15) is 0 Å². The fraction of sp³-hybridized carbons (Fsp3) is 0.420. The molecule has 5 aliphatic rings. The molecular weight excluding hydrogens is 753 g/mol. The summed E-state index contributed by atoms with van der Waals surface area (Å²) in [5.74, 6) is -0.138. The highest BCUT2D eigenvalue weighted by Crippen LogP contribution is 2.49. The van der Waals surface area contributed by atoms with E-state index in [0.717, 1.165) is 92.8 Å². The van der Waals surface area contributed by atoms with Crippen LogP contribution in [0.5, 0.6) is 5.75 Å². The molecule has 1 spiro atoms. The number of carbonyl (C=O) groups excluding carboxylic acids is 5. The molecule has 2 N–H and O–H groups in total. The molecule has 10 nitrogen and oxygen atoms in total. The molecule has 1 saturated carbocycles. The molecule has 3 aliphatic heterocycles. The molecule has 2 aliphatic carbocycles. The Balaban J connectivity index is 0.784. The van der Waals surface area contributed by atoms with Gasteiger partial charge in [0.1, 0.15) is 11.8 Å². The smallest absolute Gasteiger partial charge is 0.262 e. The van der Waals surface area contributed by atoms with Crippen molar-refractivity contribution in [2.75, 3.05) is 19.6 Å². The largest absolute Gasteiger partial charge is 0.508 e. The fourth-order valence-electron chi connectivity index (χ4n) is 11.3. The maximum absolute atomic E-state index is 13.9. The number of fused-ring (bicyclic) bond motifs is 3. The number of amides is 5. The number of imide groups is 2. The van der Waals surface area contributed by atoms with E-state index in [2.05, 4.69) is 63.6 Å². The number of phenols is 1. The van der Waals surface area contributed by atoms with E-state index in [0.29, 0.717) is 35.1 Å². The lowest BCUT2D eigenvalue weighted by atomic mass is 9.65. The molecule has 0 aromatic heterocycles. The number of phenolic OH excluding ortho intramolecular Hbond substituents is 1. The van der Waals surface area contributed by atoms with Crippen LogP contribution >= 0.6 is 0 Å². The van der Waals surface area contributed by atoms with E-state index in [1.807, 2.05) is 37.3 Å². The van der Waals surface area contributed by atoms with Gasteiger partial charge in [0.15, 0.2) is 0 Å². The van der Waals surface area contributed by atoms with Crippen molar-refractivity contribution in [2.24, 2.45) is 11.3 Å². The summed E-state index contributed by atoms with van der Waals surface area (Å²) < 4.78 is 0. The number of aromatic hydroxyl groups is 1. The molecule has 4 aromatic rings. The fourth-order valence-corrected chi connectivity index (χ4v) is 11.3. The molecule has 5 amide bonds. The van der Waals surface area contributed by atoms with Gasteiger partial charge in [-0.1, -0.05) is 61.9 Å². The van der Waals surface area contributed by atoms with Gasteiger partial charge in [0, 0.05) is 44.2 Å². The first-order valence-electron chi connectivity index (χ1n) is 21.9. The van der Waals surface area contributed by atoms with E-state index < -0.39 is 23.8 Å². The SMILES string of the molecule is CCCC(C(=O)NC=O)N1C(=O)c2cc3c(cc2C1=O)CN(CC1CCC2(CC1)CCN(C(=O)c1ccc(C4c5ccc(O)cc5CCC4c4ccccc4)cc1)CC2)C3. The monoisotopic (exact) mass is 806 g/mol. The molecule has 4 aromatic carbocycles. The van der Waals surface area contributed by atoms with Gasteiger partial charge in [0.25, 0.3) is 17.7 Å². The number of hydrogen-bond acceptors (Lipinski definition) is 7. The molecule has 2 fully saturated rings. The van der Waals surface area contributed by atoms with Crippen LogP contribution in [0.1, 0.15) is 141 Å². The van der Waals surface area contributed by atoms with Crippen LogP contribution in [-0.4, -0.2) is 75.5 Å². The summed E-state index contributed by atoms with van der Waals surface area (Å²) >= 11 is 0. The predicted octanol–water partition coefficient (Wildman–Crippen LogP) is 7.72. The van der Waals surface area contributed by atoms with Gasteiger partial charge in [-0.3, -0.25) is 39.1 Å². The molecular formula is C50H54N4O6. The molecule has 3 heterocycles. The third-order valence-corrected chi connectivity index (χ3v) is 14.5. The minimum absolute atomic E-state index is 0.110. The van der Waals surface area contributed by atoms with Crippen molar-refractivity contribution < 1.29 is 29.1 Å². The number of piperidine rings is 1. The standard InChI is InChI=1S/C50H54N4O6/c1-2-6-44(46(57)51-31-55)54-48(59)42-26-37-29-52(30-38(37)27-43(42)49(54)60)28-32-17-19-50(20-18-32)21-23-53(24-22-50)47(58)35-11-9-34(10-12-35)45-40(33-7-4-3-5-8-33)15-13-36-25-39(56)14-16-41(36)45/h3-5,7-12,14,16,25-27,31-32,40,44-45,56H,2,6,13,15,17-24,28-30H2,1H3,(H,51,55,57). The molecule has 1 saturated heterocycles. The van der Waals surface area contributed by atoms with Crippen LogP contribution in [-0.2, 0) is 29.1 Å². The minimum Gasteiger partial charge on any atom is -0.508 e. The third kappa shape index (κ3) is 7.44. The molecule has 60 heavy (non-hydrogen) atoms. The van der Waals surface area contributed by atoms with Crippen LogP contribution in [0.25, 0.3) is 0 Å². The van der Waals surface area contributed by atoms with Crippen molar-refractivity contribution in [1.82, 2.24) is 20.0 Å². The summed E-state index contributed by atoms with van der Waals surface area (Å²) in [5.41, 5.74) is 8.77. The summed E-state index contributed by atoms with van der Waals surface area (Å²) in [6.07, 6.45) is 9.78. The van der Waals surface area contributed by atoms with Crippen molar-refractivity contribution in [3.8, 4) is 5.75 Å². The van der Waals surface area contributed by atoms with Gasteiger partial charge in [0.05, 0.1) is 11.1 Å². The van der Waals surface area contributed by atoms with Gasteiger partial charge >= 0.3 is 0 Å². The van der Waals surface area contributed by atoms with E-state index >= 15 is 0 Å². The second-order valence-corrected chi connectivity index (χ2v) is 18.0. The Labute approximate surface area is 351 Å². The first-order valence-corrected chi connectivity index (χ1v) is 21.9. The summed E-state index contributed by atoms with van der Waals surface area (Å²) in [6, 6.07) is 27.5. The molecule has 10 heteroatoms. The van der Waals surface area contributed by atoms with E-state index in [4.69, 9.17) is 0 Å². The lowest BCUT2D eigenvalue weighted by molar-refractivity contribution is -0.128. The summed E-state index contributed by atoms with van der Waals surface area (Å²) in [4.78, 5) is 69.9. The first-order chi connectivity index (χ1) is 29.1. The Morgan fingerprint density at radius 1 is 0.817 bits per heavy atom. The lowest BCUT2D eigenvalue weighted by Crippen LogP contribution is -2.49. The van der Waals surface area contributed by atoms with Crippen LogP contribution in [0.15, 0.2) is 84.9 Å². The first kappa shape index (κ1) is 39.8. The molecule has 0 radical (unpaired) electrons. The van der Waals surface area contributed by atoms with Gasteiger partial charge in [-0.15, -0.1) is 0 Å². The van der Waals surface area contributed by atoms with Crippen molar-refractivity contribution in [2.45, 2.75) is 102 Å². The highest BCUT2D eigenvalue weighted by Gasteiger charge is 2.44. The Bertz CT molecular complexity index is 2260. The summed E-state index contributed by atoms with van der Waals surface area (Å²) in [5, 5.41) is 12.4. The van der Waals surface area contributed by atoms with Crippen LogP contribution in [0.4, 0.5) is 0 Å². The molecule has 3 unspecified atom stereocenters. The Morgan fingerprint density at radius 3 is 2.12 bits per heavy atom. The molecule has 3 atom stereocenters. The number of carbonyl (C=O) groups is 5. The second kappa shape index (κ2) is 16.4. The number of nitrogens with zero attached hydrogens (tertiary/aromatic N) is 3. The van der Waals surface area contributed by atoms with Crippen LogP contribution < -0.4 is 5.32 Å². The zero-order chi connectivity index (χ0) is 41.5. The van der Waals surface area contributed by atoms with Crippen molar-refractivity contribution in [1.29, 1.82) is 0 Å². The molecule has 9 rings (SSSR count). The summed E-state index contributed by atoms with van der Waals surface area (Å²) in [7, 11) is 0. The normalized spacial score (nSPS) is 21.7. The van der Waals surface area contributed by atoms with Crippen LogP contribution in [0, 0.1) is 11.3 Å². The number of hydrogen-bond donors (Lipinski definition) is 2. The maximum atomic E-state index is 13.9. The lowest BCUT2D eigenvalue weighted by Gasteiger charge is -2.46. The van der Waals surface area contributed by atoms with Gasteiger partial charge in [-0.05, 0) is 145 Å². The highest BCUT2D eigenvalue weighted by atomic mass is 16.3. The van der Waals surface area contributed by atoms with Crippen molar-refractivity contribution >= 4 is 30.0 Å². The zero-order valence-electron chi connectivity index (χ0n) is 34.4. The van der Waals surface area contributed by atoms with E-state index in [9.17, 15) is 29.1 Å². The summed E-state index contributed by atoms with van der Waals surface area (Å²) in [6.45, 7) is 5.84. The molecule has 310 valence electrons. The highest BCUT2D eigenvalue weighted by molar-refractivity contribution is 6.23.